The molecule has 3 rings (SSSR count). The van der Waals surface area contributed by atoms with Crippen molar-refractivity contribution in [3.63, 3.8) is 0 Å². The van der Waals surface area contributed by atoms with Gasteiger partial charge >= 0.3 is 12.1 Å². The third-order valence-corrected chi connectivity index (χ3v) is 5.06. The molecule has 8 nitrogen and oxygen atoms in total. The third-order valence-electron chi connectivity index (χ3n) is 5.06. The molecule has 0 saturated carbocycles. The number of allylic oxidation sites excluding steroid dienone is 1. The van der Waals surface area contributed by atoms with E-state index in [0.29, 0.717) is 24.0 Å². The zero-order valence-electron chi connectivity index (χ0n) is 17.7. The molecule has 2 aromatic carbocycles. The van der Waals surface area contributed by atoms with Gasteiger partial charge in [0.05, 0.1) is 13.0 Å². The molecular weight excluding hydrogens is 410 g/mol. The minimum Gasteiger partial charge on any atom is -0.469 e. The van der Waals surface area contributed by atoms with Crippen LogP contribution in [0.1, 0.15) is 29.5 Å². The maximum absolute atomic E-state index is 12.4. The number of esters is 1. The lowest BCUT2D eigenvalue weighted by Crippen LogP contribution is -2.29. The van der Waals surface area contributed by atoms with Gasteiger partial charge in [-0.2, -0.15) is 4.99 Å². The standard InChI is InChI=1S/C24H25N3O5/c1-31-23(29)20-9-5-8-19(20)22(28)26-14-16-10-12-18(13-11-16)21(25)27-24(30)32-15-17-6-3-2-4-7-17/h2-4,6-8,10-13,20H,5,9,14-15H2,1H3,(H,26,28)(H2,25,27,30). The molecule has 0 aromatic heterocycles. The fourth-order valence-electron chi connectivity index (χ4n) is 3.33. The van der Waals surface area contributed by atoms with E-state index >= 15 is 0 Å². The van der Waals surface area contributed by atoms with E-state index in [0.717, 1.165) is 11.1 Å². The Morgan fingerprint density at radius 2 is 1.78 bits per heavy atom. The lowest BCUT2D eigenvalue weighted by molar-refractivity contribution is -0.144. The molecule has 0 fully saturated rings. The Morgan fingerprint density at radius 1 is 1.06 bits per heavy atom. The first kappa shape index (κ1) is 22.7. The van der Waals surface area contributed by atoms with Crippen LogP contribution in [0.15, 0.2) is 71.2 Å². The minimum atomic E-state index is -0.771. The number of nitrogens with zero attached hydrogens (tertiary/aromatic N) is 1. The number of ether oxygens (including phenoxy) is 2. The van der Waals surface area contributed by atoms with Gasteiger partial charge in [-0.1, -0.05) is 60.7 Å². The molecular formula is C24H25N3O5. The molecule has 2 amide bonds. The Morgan fingerprint density at radius 3 is 2.47 bits per heavy atom. The van der Waals surface area contributed by atoms with Gasteiger partial charge in [0.2, 0.25) is 5.91 Å². The van der Waals surface area contributed by atoms with Gasteiger partial charge < -0.3 is 20.5 Å². The van der Waals surface area contributed by atoms with Crippen molar-refractivity contribution < 1.29 is 23.9 Å². The van der Waals surface area contributed by atoms with E-state index in [4.69, 9.17) is 15.2 Å². The van der Waals surface area contributed by atoms with Crippen LogP contribution in [0.4, 0.5) is 4.79 Å². The van der Waals surface area contributed by atoms with E-state index in [1.165, 1.54) is 7.11 Å². The molecule has 32 heavy (non-hydrogen) atoms. The second-order valence-electron chi connectivity index (χ2n) is 7.23. The highest BCUT2D eigenvalue weighted by molar-refractivity contribution is 6.02. The lowest BCUT2D eigenvalue weighted by atomic mass is 10.0. The summed E-state index contributed by atoms with van der Waals surface area (Å²) in [6, 6.07) is 16.2. The van der Waals surface area contributed by atoms with Gasteiger partial charge in [-0.3, -0.25) is 9.59 Å². The molecule has 0 heterocycles. The Bertz CT molecular complexity index is 1030. The summed E-state index contributed by atoms with van der Waals surface area (Å²) < 4.78 is 9.86. The van der Waals surface area contributed by atoms with Crippen molar-refractivity contribution in [1.29, 1.82) is 0 Å². The summed E-state index contributed by atoms with van der Waals surface area (Å²) >= 11 is 0. The van der Waals surface area contributed by atoms with Gasteiger partial charge in [-0.15, -0.1) is 0 Å². The van der Waals surface area contributed by atoms with Crippen LogP contribution in [0.2, 0.25) is 0 Å². The molecule has 3 N–H and O–H groups in total. The van der Waals surface area contributed by atoms with E-state index in [2.05, 4.69) is 10.3 Å². The number of rotatable bonds is 7. The zero-order valence-corrected chi connectivity index (χ0v) is 17.7. The lowest BCUT2D eigenvalue weighted by Gasteiger charge is -2.13. The van der Waals surface area contributed by atoms with Crippen LogP contribution in [0, 0.1) is 5.92 Å². The molecule has 1 aliphatic rings. The van der Waals surface area contributed by atoms with Crippen LogP contribution >= 0.6 is 0 Å². The number of nitrogens with two attached hydrogens (primary N) is 1. The highest BCUT2D eigenvalue weighted by Gasteiger charge is 2.31. The topological polar surface area (TPSA) is 120 Å². The van der Waals surface area contributed by atoms with Gasteiger partial charge in [-0.05, 0) is 24.0 Å². The van der Waals surface area contributed by atoms with Gasteiger partial charge in [0.25, 0.3) is 0 Å². The summed E-state index contributed by atoms with van der Waals surface area (Å²) in [4.78, 5) is 39.9. The summed E-state index contributed by atoms with van der Waals surface area (Å²) in [5.74, 6) is -1.16. The summed E-state index contributed by atoms with van der Waals surface area (Å²) in [5.41, 5.74) is 8.59. The Labute approximate surface area is 186 Å². The van der Waals surface area contributed by atoms with Crippen molar-refractivity contribution in [2.75, 3.05) is 7.11 Å². The molecule has 0 spiro atoms. The first-order valence-corrected chi connectivity index (χ1v) is 10.2. The van der Waals surface area contributed by atoms with Crippen LogP contribution in [0.5, 0.6) is 0 Å². The minimum absolute atomic E-state index is 0.0377. The van der Waals surface area contributed by atoms with Gasteiger partial charge in [0, 0.05) is 17.7 Å². The molecule has 0 aliphatic heterocycles. The highest BCUT2D eigenvalue weighted by atomic mass is 16.5. The monoisotopic (exact) mass is 435 g/mol. The normalized spacial score (nSPS) is 15.6. The van der Waals surface area contributed by atoms with E-state index < -0.39 is 18.0 Å². The van der Waals surface area contributed by atoms with Crippen molar-refractivity contribution >= 4 is 23.8 Å². The largest absolute Gasteiger partial charge is 0.469 e. The number of benzene rings is 2. The predicted molar refractivity (Wildman–Crippen MR) is 118 cm³/mol. The molecule has 1 atom stereocenters. The second kappa shape index (κ2) is 10.9. The molecule has 0 bridgehead atoms. The zero-order chi connectivity index (χ0) is 22.9. The molecule has 1 unspecified atom stereocenters. The SMILES string of the molecule is COC(=O)C1CCC=C1C(=O)NCc1ccc(/C(N)=N\C(=O)OCc2ccccc2)cc1. The number of hydrogen-bond acceptors (Lipinski definition) is 5. The molecule has 166 valence electrons. The van der Waals surface area contributed by atoms with Gasteiger partial charge in [0.15, 0.2) is 0 Å². The number of amides is 2. The summed E-state index contributed by atoms with van der Waals surface area (Å²) in [7, 11) is 1.32. The second-order valence-corrected chi connectivity index (χ2v) is 7.23. The number of hydrogen-bond donors (Lipinski definition) is 2. The first-order valence-electron chi connectivity index (χ1n) is 10.2. The highest BCUT2D eigenvalue weighted by Crippen LogP contribution is 2.27. The summed E-state index contributed by atoms with van der Waals surface area (Å²) in [6.45, 7) is 0.392. The fraction of sp³-hybridized carbons (Fsp3) is 0.250. The van der Waals surface area contributed by atoms with E-state index in [9.17, 15) is 14.4 Å². The molecule has 0 radical (unpaired) electrons. The van der Waals surface area contributed by atoms with E-state index in [1.54, 1.807) is 30.3 Å². The van der Waals surface area contributed by atoms with Gasteiger partial charge in [-0.25, -0.2) is 4.79 Å². The first-order chi connectivity index (χ1) is 15.5. The summed E-state index contributed by atoms with van der Waals surface area (Å²) in [5, 5.41) is 2.81. The number of aliphatic imine (C=N–C) groups is 1. The molecule has 2 aromatic rings. The van der Waals surface area contributed by atoms with Crippen molar-refractivity contribution in [2.45, 2.75) is 26.0 Å². The third kappa shape index (κ3) is 6.04. The van der Waals surface area contributed by atoms with Crippen molar-refractivity contribution in [3.05, 3.63) is 82.9 Å². The fourth-order valence-corrected chi connectivity index (χ4v) is 3.33. The molecule has 1 aliphatic carbocycles. The van der Waals surface area contributed by atoms with Crippen molar-refractivity contribution in [2.24, 2.45) is 16.6 Å². The van der Waals surface area contributed by atoms with E-state index in [-0.39, 0.29) is 24.9 Å². The number of carbonyl (C=O) groups is 3. The average molecular weight is 435 g/mol. The van der Waals surface area contributed by atoms with E-state index in [1.807, 2.05) is 30.3 Å². The predicted octanol–water partition coefficient (Wildman–Crippen LogP) is 2.85. The quantitative estimate of drug-likeness (QED) is 0.392. The number of methoxy groups -OCH3 is 1. The summed E-state index contributed by atoms with van der Waals surface area (Å²) in [6.07, 6.45) is 2.25. The number of nitrogens with one attached hydrogen (secondary N) is 1. The number of amidine groups is 1. The Kier molecular flexibility index (Phi) is 7.75. The van der Waals surface area contributed by atoms with Crippen LogP contribution in [-0.4, -0.2) is 30.9 Å². The maximum atomic E-state index is 12.4. The van der Waals surface area contributed by atoms with Crippen LogP contribution in [-0.2, 0) is 32.2 Å². The maximum Gasteiger partial charge on any atom is 0.435 e. The van der Waals surface area contributed by atoms with Crippen molar-refractivity contribution in [1.82, 2.24) is 5.32 Å². The van der Waals surface area contributed by atoms with Crippen molar-refractivity contribution in [3.8, 4) is 0 Å². The molecule has 8 heteroatoms. The van der Waals surface area contributed by atoms with Gasteiger partial charge in [0.1, 0.15) is 12.4 Å². The Hall–Kier alpha value is -3.94. The van der Waals surface area contributed by atoms with Crippen LogP contribution in [0.25, 0.3) is 0 Å². The number of carbonyl (C=O) groups excluding carboxylic acids is 3. The van der Waals surface area contributed by atoms with Crippen LogP contribution < -0.4 is 11.1 Å². The van der Waals surface area contributed by atoms with Crippen LogP contribution in [0.3, 0.4) is 0 Å². The average Bonchev–Trinajstić information content (AvgIpc) is 3.32. The smallest absolute Gasteiger partial charge is 0.435 e. The Balaban J connectivity index is 1.52. The molecule has 0 saturated heterocycles.